The summed E-state index contributed by atoms with van der Waals surface area (Å²) in [5.41, 5.74) is 3.55. The maximum Gasteiger partial charge on any atom is 0.335 e. The largest absolute Gasteiger partial charge is 0.492 e. The van der Waals surface area contributed by atoms with E-state index in [1.165, 1.54) is 17.2 Å². The molecule has 3 nitrogen and oxygen atoms in total. The molecule has 0 fully saturated rings. The fourth-order valence-corrected chi connectivity index (χ4v) is 3.95. The molecule has 3 heteroatoms. The maximum atomic E-state index is 12.0. The minimum atomic E-state index is -0.421. The Hall–Kier alpha value is -3.07. The van der Waals surface area contributed by atoms with E-state index in [4.69, 9.17) is 9.47 Å². The highest BCUT2D eigenvalue weighted by Crippen LogP contribution is 2.44. The highest BCUT2D eigenvalue weighted by atomic mass is 16.5. The van der Waals surface area contributed by atoms with Crippen LogP contribution in [0.3, 0.4) is 0 Å². The number of hydrogen-bond donors (Lipinski definition) is 0. The molecule has 28 heavy (non-hydrogen) atoms. The first kappa shape index (κ1) is 18.3. The first-order valence-electron chi connectivity index (χ1n) is 9.85. The second-order valence-corrected chi connectivity index (χ2v) is 7.08. The van der Waals surface area contributed by atoms with Gasteiger partial charge in [-0.3, -0.25) is 0 Å². The Morgan fingerprint density at radius 2 is 1.50 bits per heavy atom. The Bertz CT molecular complexity index is 1010. The molecule has 1 aliphatic rings. The van der Waals surface area contributed by atoms with Crippen LogP contribution in [0.15, 0.2) is 67.3 Å². The van der Waals surface area contributed by atoms with Gasteiger partial charge in [0.15, 0.2) is 0 Å². The standard InChI is InChI=1S/C25H24O3/c1-2-23(26)28-25-21-14-8-6-12-19(21)24(20-13-7-9-15-22(20)25)27-17-16-18-10-4-3-5-11-18/h2-6,8,10-12,14H,1,7,9,13,15-17H2. The van der Waals surface area contributed by atoms with E-state index in [0.29, 0.717) is 12.4 Å². The van der Waals surface area contributed by atoms with E-state index >= 15 is 0 Å². The van der Waals surface area contributed by atoms with Crippen molar-refractivity contribution in [2.24, 2.45) is 0 Å². The van der Waals surface area contributed by atoms with Crippen molar-refractivity contribution in [1.29, 1.82) is 0 Å². The van der Waals surface area contributed by atoms with Crippen molar-refractivity contribution >= 4 is 16.7 Å². The molecule has 0 saturated carbocycles. The molecule has 0 heterocycles. The molecule has 0 saturated heterocycles. The Morgan fingerprint density at radius 1 is 0.893 bits per heavy atom. The van der Waals surface area contributed by atoms with Crippen LogP contribution in [0.2, 0.25) is 0 Å². The number of ether oxygens (including phenoxy) is 2. The maximum absolute atomic E-state index is 12.0. The summed E-state index contributed by atoms with van der Waals surface area (Å²) in [5.74, 6) is 1.20. The van der Waals surface area contributed by atoms with Gasteiger partial charge in [-0.1, -0.05) is 61.2 Å². The molecule has 3 aromatic rings. The number of rotatable bonds is 6. The molecule has 0 atom stereocenters. The lowest BCUT2D eigenvalue weighted by Gasteiger charge is -2.25. The number of carbonyl (C=O) groups excluding carboxylic acids is 1. The minimum Gasteiger partial charge on any atom is -0.492 e. The molecular weight excluding hydrogens is 348 g/mol. The van der Waals surface area contributed by atoms with E-state index < -0.39 is 5.97 Å². The smallest absolute Gasteiger partial charge is 0.335 e. The van der Waals surface area contributed by atoms with Gasteiger partial charge in [-0.15, -0.1) is 0 Å². The Kier molecular flexibility index (Phi) is 5.43. The average Bonchev–Trinajstić information content (AvgIpc) is 2.76. The van der Waals surface area contributed by atoms with Gasteiger partial charge in [-0.25, -0.2) is 4.79 Å². The van der Waals surface area contributed by atoms with Gasteiger partial charge in [0.05, 0.1) is 6.61 Å². The molecule has 0 spiro atoms. The van der Waals surface area contributed by atoms with Crippen LogP contribution >= 0.6 is 0 Å². The van der Waals surface area contributed by atoms with Gasteiger partial charge in [0.25, 0.3) is 0 Å². The summed E-state index contributed by atoms with van der Waals surface area (Å²) in [6.07, 6.45) is 6.13. The minimum absolute atomic E-state index is 0.421. The van der Waals surface area contributed by atoms with E-state index in [0.717, 1.165) is 54.2 Å². The summed E-state index contributed by atoms with van der Waals surface area (Å²) >= 11 is 0. The van der Waals surface area contributed by atoms with E-state index in [2.05, 4.69) is 30.8 Å². The van der Waals surface area contributed by atoms with Gasteiger partial charge in [0.2, 0.25) is 0 Å². The highest BCUT2D eigenvalue weighted by Gasteiger charge is 2.24. The topological polar surface area (TPSA) is 35.5 Å². The highest BCUT2D eigenvalue weighted by molar-refractivity contribution is 5.98. The van der Waals surface area contributed by atoms with E-state index in [-0.39, 0.29) is 0 Å². The Balaban J connectivity index is 1.74. The third-order valence-electron chi connectivity index (χ3n) is 5.28. The number of fused-ring (bicyclic) bond motifs is 2. The first-order valence-corrected chi connectivity index (χ1v) is 9.85. The van der Waals surface area contributed by atoms with Crippen LogP contribution in [0.4, 0.5) is 0 Å². The van der Waals surface area contributed by atoms with Gasteiger partial charge in [0, 0.05) is 34.4 Å². The molecule has 0 radical (unpaired) electrons. The second-order valence-electron chi connectivity index (χ2n) is 7.08. The predicted octanol–water partition coefficient (Wildman–Crippen LogP) is 5.43. The molecule has 0 N–H and O–H groups in total. The first-order chi connectivity index (χ1) is 13.8. The number of hydrogen-bond acceptors (Lipinski definition) is 3. The lowest BCUT2D eigenvalue weighted by atomic mass is 9.87. The van der Waals surface area contributed by atoms with Crippen molar-refractivity contribution in [3.8, 4) is 11.5 Å². The third-order valence-corrected chi connectivity index (χ3v) is 5.28. The summed E-state index contributed by atoms with van der Waals surface area (Å²) < 4.78 is 12.0. The van der Waals surface area contributed by atoms with Crippen molar-refractivity contribution in [2.75, 3.05) is 6.61 Å². The van der Waals surface area contributed by atoms with Gasteiger partial charge >= 0.3 is 5.97 Å². The lowest BCUT2D eigenvalue weighted by Crippen LogP contribution is -2.13. The van der Waals surface area contributed by atoms with Gasteiger partial charge in [-0.2, -0.15) is 0 Å². The summed E-state index contributed by atoms with van der Waals surface area (Å²) in [5, 5.41) is 1.93. The Morgan fingerprint density at radius 3 is 2.18 bits per heavy atom. The van der Waals surface area contributed by atoms with Gasteiger partial charge in [0.1, 0.15) is 11.5 Å². The number of carbonyl (C=O) groups is 1. The summed E-state index contributed by atoms with van der Waals surface area (Å²) in [4.78, 5) is 12.0. The van der Waals surface area contributed by atoms with Crippen LogP contribution in [0.5, 0.6) is 11.5 Å². The zero-order valence-corrected chi connectivity index (χ0v) is 15.9. The fraction of sp³-hybridized carbons (Fsp3) is 0.240. The van der Waals surface area contributed by atoms with Crippen LogP contribution in [-0.4, -0.2) is 12.6 Å². The third kappa shape index (κ3) is 3.65. The van der Waals surface area contributed by atoms with Crippen LogP contribution < -0.4 is 9.47 Å². The molecule has 0 unspecified atom stereocenters. The molecule has 0 aliphatic heterocycles. The summed E-state index contributed by atoms with van der Waals surface area (Å²) in [7, 11) is 0. The quantitative estimate of drug-likeness (QED) is 0.329. The van der Waals surface area contributed by atoms with Gasteiger partial charge < -0.3 is 9.47 Å². The molecule has 142 valence electrons. The van der Waals surface area contributed by atoms with Crippen LogP contribution in [-0.2, 0) is 24.1 Å². The number of esters is 1. The summed E-state index contributed by atoms with van der Waals surface area (Å²) in [6, 6.07) is 18.4. The van der Waals surface area contributed by atoms with Crippen molar-refractivity contribution in [1.82, 2.24) is 0 Å². The van der Waals surface area contributed by atoms with Crippen molar-refractivity contribution in [3.63, 3.8) is 0 Å². The van der Waals surface area contributed by atoms with Crippen LogP contribution in [0.25, 0.3) is 10.8 Å². The predicted molar refractivity (Wildman–Crippen MR) is 112 cm³/mol. The molecular formula is C25H24O3. The Labute approximate surface area is 165 Å². The van der Waals surface area contributed by atoms with E-state index in [1.807, 2.05) is 30.3 Å². The SMILES string of the molecule is C=CC(=O)Oc1c2c(c(OCCc3ccccc3)c3ccccc13)CCCC2. The monoisotopic (exact) mass is 372 g/mol. The van der Waals surface area contributed by atoms with E-state index in [1.54, 1.807) is 0 Å². The normalized spacial score (nSPS) is 13.0. The fourth-order valence-electron chi connectivity index (χ4n) is 3.95. The van der Waals surface area contributed by atoms with Crippen molar-refractivity contribution in [2.45, 2.75) is 32.1 Å². The molecule has 4 rings (SSSR count). The molecule has 1 aliphatic carbocycles. The lowest BCUT2D eigenvalue weighted by molar-refractivity contribution is -0.128. The van der Waals surface area contributed by atoms with Crippen LogP contribution in [0.1, 0.15) is 29.5 Å². The van der Waals surface area contributed by atoms with Crippen molar-refractivity contribution < 1.29 is 14.3 Å². The molecule has 0 aromatic heterocycles. The van der Waals surface area contributed by atoms with Crippen LogP contribution in [0, 0.1) is 0 Å². The zero-order chi connectivity index (χ0) is 19.3. The summed E-state index contributed by atoms with van der Waals surface area (Å²) in [6.45, 7) is 4.15. The molecule has 3 aromatic carbocycles. The zero-order valence-electron chi connectivity index (χ0n) is 15.9. The van der Waals surface area contributed by atoms with Gasteiger partial charge in [-0.05, 0) is 31.2 Å². The molecule has 0 amide bonds. The number of benzene rings is 3. The van der Waals surface area contributed by atoms with E-state index in [9.17, 15) is 4.79 Å². The molecule has 0 bridgehead atoms. The van der Waals surface area contributed by atoms with Crippen molar-refractivity contribution in [3.05, 3.63) is 83.9 Å². The average molecular weight is 372 g/mol. The second kappa shape index (κ2) is 8.30.